The lowest BCUT2D eigenvalue weighted by atomic mass is 10.1. The molecule has 1 nitrogen and oxygen atoms in total. The van der Waals surface area contributed by atoms with Crippen molar-refractivity contribution in [2.45, 2.75) is 13.8 Å². The molecule has 84 valence electrons. The van der Waals surface area contributed by atoms with Crippen LogP contribution in [0.25, 0.3) is 10.9 Å². The molecule has 0 unspecified atom stereocenters. The zero-order chi connectivity index (χ0) is 12.0. The molecule has 0 saturated heterocycles. The lowest BCUT2D eigenvalue weighted by molar-refractivity contribution is 0.609. The normalized spacial score (nSPS) is 11.1. The average molecular weight is 307 g/mol. The fourth-order valence-electron chi connectivity index (χ4n) is 1.49. The van der Waals surface area contributed by atoms with Gasteiger partial charge in [0.25, 0.3) is 0 Å². The SMILES string of the molecule is Cc1nc2c(F)cc(Br)c(F)c2c(Cl)c1C. The minimum absolute atomic E-state index is 0.0247. The van der Waals surface area contributed by atoms with Crippen LogP contribution in [0.1, 0.15) is 11.3 Å². The first-order valence-corrected chi connectivity index (χ1v) is 5.70. The summed E-state index contributed by atoms with van der Waals surface area (Å²) in [5.41, 5.74) is 1.22. The Morgan fingerprint density at radius 3 is 2.56 bits per heavy atom. The van der Waals surface area contributed by atoms with Crippen LogP contribution in [0.3, 0.4) is 0 Å². The van der Waals surface area contributed by atoms with Crippen molar-refractivity contribution in [3.63, 3.8) is 0 Å². The van der Waals surface area contributed by atoms with Crippen molar-refractivity contribution in [1.29, 1.82) is 0 Å². The Bertz CT molecular complexity index is 599. The third kappa shape index (κ3) is 1.60. The van der Waals surface area contributed by atoms with Crippen LogP contribution in [0.15, 0.2) is 10.5 Å². The summed E-state index contributed by atoms with van der Waals surface area (Å²) in [6, 6.07) is 1.05. The van der Waals surface area contributed by atoms with Gasteiger partial charge in [0.05, 0.1) is 14.9 Å². The van der Waals surface area contributed by atoms with E-state index in [2.05, 4.69) is 20.9 Å². The Kier molecular flexibility index (Phi) is 2.88. The first kappa shape index (κ1) is 11.7. The number of nitrogens with zero attached hydrogens (tertiary/aromatic N) is 1. The first-order chi connectivity index (χ1) is 7.43. The highest BCUT2D eigenvalue weighted by atomic mass is 79.9. The molecule has 0 spiro atoms. The smallest absolute Gasteiger partial charge is 0.150 e. The summed E-state index contributed by atoms with van der Waals surface area (Å²) in [6.45, 7) is 3.43. The van der Waals surface area contributed by atoms with E-state index in [-0.39, 0.29) is 20.4 Å². The van der Waals surface area contributed by atoms with Crippen molar-refractivity contribution < 1.29 is 8.78 Å². The number of aromatic nitrogens is 1. The topological polar surface area (TPSA) is 12.9 Å². The maximum Gasteiger partial charge on any atom is 0.150 e. The zero-order valence-electron chi connectivity index (χ0n) is 8.54. The minimum atomic E-state index is -0.590. The molecule has 2 rings (SSSR count). The molecule has 0 aliphatic rings. The highest BCUT2D eigenvalue weighted by molar-refractivity contribution is 9.10. The average Bonchev–Trinajstić information content (AvgIpc) is 2.22. The summed E-state index contributed by atoms with van der Waals surface area (Å²) in [7, 11) is 0. The second kappa shape index (κ2) is 3.93. The van der Waals surface area contributed by atoms with Crippen molar-refractivity contribution in [2.75, 3.05) is 0 Å². The molecule has 0 fully saturated rings. The van der Waals surface area contributed by atoms with Crippen LogP contribution in [0, 0.1) is 25.5 Å². The Hall–Kier alpha value is -0.740. The van der Waals surface area contributed by atoms with Gasteiger partial charge in [0, 0.05) is 5.69 Å². The van der Waals surface area contributed by atoms with Crippen LogP contribution in [0.4, 0.5) is 8.78 Å². The Morgan fingerprint density at radius 1 is 1.31 bits per heavy atom. The minimum Gasteiger partial charge on any atom is -0.250 e. The Balaban J connectivity index is 3.07. The van der Waals surface area contributed by atoms with Gasteiger partial charge in [-0.2, -0.15) is 0 Å². The van der Waals surface area contributed by atoms with Crippen LogP contribution >= 0.6 is 27.5 Å². The summed E-state index contributed by atoms with van der Waals surface area (Å²) in [4.78, 5) is 4.02. The van der Waals surface area contributed by atoms with Gasteiger partial charge in [-0.1, -0.05) is 11.6 Å². The summed E-state index contributed by atoms with van der Waals surface area (Å²) in [6.07, 6.45) is 0. The van der Waals surface area contributed by atoms with E-state index in [0.717, 1.165) is 6.07 Å². The summed E-state index contributed by atoms with van der Waals surface area (Å²) < 4.78 is 27.5. The molecule has 0 aliphatic carbocycles. The molecular weight excluding hydrogens is 299 g/mol. The molecule has 0 radical (unpaired) electrons. The molecular formula is C11H7BrClF2N. The van der Waals surface area contributed by atoms with Crippen molar-refractivity contribution in [3.8, 4) is 0 Å². The monoisotopic (exact) mass is 305 g/mol. The molecule has 0 atom stereocenters. The number of benzene rings is 1. The van der Waals surface area contributed by atoms with Gasteiger partial charge in [0.15, 0.2) is 5.82 Å². The number of rotatable bonds is 0. The first-order valence-electron chi connectivity index (χ1n) is 4.53. The van der Waals surface area contributed by atoms with Crippen molar-refractivity contribution in [3.05, 3.63) is 38.5 Å². The van der Waals surface area contributed by atoms with Crippen molar-refractivity contribution >= 4 is 38.4 Å². The number of pyridine rings is 1. The zero-order valence-corrected chi connectivity index (χ0v) is 10.9. The van der Waals surface area contributed by atoms with E-state index >= 15 is 0 Å². The lowest BCUT2D eigenvalue weighted by Gasteiger charge is -2.09. The highest BCUT2D eigenvalue weighted by Crippen LogP contribution is 2.34. The van der Waals surface area contributed by atoms with E-state index in [1.807, 2.05) is 0 Å². The second-order valence-corrected chi connectivity index (χ2v) is 4.75. The van der Waals surface area contributed by atoms with Crippen LogP contribution in [0.2, 0.25) is 5.02 Å². The van der Waals surface area contributed by atoms with E-state index in [0.29, 0.717) is 11.3 Å². The predicted molar refractivity (Wildman–Crippen MR) is 63.8 cm³/mol. The number of hydrogen-bond acceptors (Lipinski definition) is 1. The molecule has 0 bridgehead atoms. The Morgan fingerprint density at radius 2 is 1.94 bits per heavy atom. The van der Waals surface area contributed by atoms with Crippen LogP contribution < -0.4 is 0 Å². The summed E-state index contributed by atoms with van der Waals surface area (Å²) in [5, 5.41) is 0.233. The molecule has 0 amide bonds. The van der Waals surface area contributed by atoms with Crippen molar-refractivity contribution in [2.24, 2.45) is 0 Å². The maximum atomic E-state index is 13.8. The van der Waals surface area contributed by atoms with Gasteiger partial charge in [-0.15, -0.1) is 0 Å². The summed E-state index contributed by atoms with van der Waals surface area (Å²) in [5.74, 6) is -1.18. The number of aryl methyl sites for hydroxylation is 1. The summed E-state index contributed by atoms with van der Waals surface area (Å²) >= 11 is 8.96. The van der Waals surface area contributed by atoms with E-state index in [4.69, 9.17) is 11.6 Å². The molecule has 0 N–H and O–H groups in total. The molecule has 1 aromatic heterocycles. The van der Waals surface area contributed by atoms with Gasteiger partial charge in [0.1, 0.15) is 11.3 Å². The van der Waals surface area contributed by atoms with Gasteiger partial charge < -0.3 is 0 Å². The standard InChI is InChI=1S/C11H7BrClF2N/c1-4-5(2)16-11-7(14)3-6(12)10(15)8(11)9(4)13/h3H,1-2H3. The lowest BCUT2D eigenvalue weighted by Crippen LogP contribution is -1.96. The number of fused-ring (bicyclic) bond motifs is 1. The molecule has 16 heavy (non-hydrogen) atoms. The Labute approximate surface area is 105 Å². The maximum absolute atomic E-state index is 13.8. The molecule has 0 saturated carbocycles. The van der Waals surface area contributed by atoms with Crippen LogP contribution in [-0.4, -0.2) is 4.98 Å². The quantitative estimate of drug-likeness (QED) is 0.651. The van der Waals surface area contributed by atoms with Crippen molar-refractivity contribution in [1.82, 2.24) is 4.98 Å². The molecule has 5 heteroatoms. The van der Waals surface area contributed by atoms with Gasteiger partial charge >= 0.3 is 0 Å². The van der Waals surface area contributed by atoms with Crippen LogP contribution in [0.5, 0.6) is 0 Å². The van der Waals surface area contributed by atoms with E-state index in [9.17, 15) is 8.78 Å². The largest absolute Gasteiger partial charge is 0.250 e. The second-order valence-electron chi connectivity index (χ2n) is 3.51. The molecule has 1 heterocycles. The van der Waals surface area contributed by atoms with Gasteiger partial charge in [0.2, 0.25) is 0 Å². The van der Waals surface area contributed by atoms with E-state index < -0.39 is 11.6 Å². The fourth-order valence-corrected chi connectivity index (χ4v) is 2.20. The third-order valence-corrected chi connectivity index (χ3v) is 3.57. The van der Waals surface area contributed by atoms with Crippen LogP contribution in [-0.2, 0) is 0 Å². The van der Waals surface area contributed by atoms with Gasteiger partial charge in [-0.3, -0.25) is 0 Å². The molecule has 0 aliphatic heterocycles. The number of hydrogen-bond donors (Lipinski definition) is 0. The third-order valence-electron chi connectivity index (χ3n) is 2.52. The van der Waals surface area contributed by atoms with E-state index in [1.165, 1.54) is 0 Å². The van der Waals surface area contributed by atoms with E-state index in [1.54, 1.807) is 13.8 Å². The highest BCUT2D eigenvalue weighted by Gasteiger charge is 2.17. The molecule has 1 aromatic carbocycles. The van der Waals surface area contributed by atoms with Gasteiger partial charge in [-0.05, 0) is 41.4 Å². The van der Waals surface area contributed by atoms with Gasteiger partial charge in [-0.25, -0.2) is 13.8 Å². The predicted octanol–water partition coefficient (Wildman–Crippen LogP) is 4.55. The fraction of sp³-hybridized carbons (Fsp3) is 0.182. The number of halogens is 4. The molecule has 2 aromatic rings.